The van der Waals surface area contributed by atoms with Crippen LogP contribution in [0, 0.1) is 11.3 Å². The van der Waals surface area contributed by atoms with Gasteiger partial charge in [-0.05, 0) is 30.3 Å². The average Bonchev–Trinajstić information content (AvgIpc) is 2.97. The number of amides is 1. The van der Waals surface area contributed by atoms with Gasteiger partial charge in [0.05, 0.1) is 22.7 Å². The van der Waals surface area contributed by atoms with E-state index in [9.17, 15) is 13.2 Å². The second kappa shape index (κ2) is 6.62. The van der Waals surface area contributed by atoms with E-state index >= 15 is 0 Å². The van der Waals surface area contributed by atoms with Gasteiger partial charge >= 0.3 is 0 Å². The zero-order valence-corrected chi connectivity index (χ0v) is 15.0. The Hall–Kier alpha value is -2.77. The number of nitriles is 1. The van der Waals surface area contributed by atoms with Crippen molar-refractivity contribution in [2.24, 2.45) is 0 Å². The summed E-state index contributed by atoms with van der Waals surface area (Å²) in [6.45, 7) is -0.307. The SMILES string of the molecule is N#Cc1cc(Br)cc(S(=O)(=O)NC(=O)Cn2ncc3cccnc32)c1. The van der Waals surface area contributed by atoms with Crippen LogP contribution >= 0.6 is 15.9 Å². The molecule has 0 spiro atoms. The van der Waals surface area contributed by atoms with Crippen LogP contribution in [0.15, 0.2) is 52.1 Å². The van der Waals surface area contributed by atoms with Gasteiger partial charge in [0, 0.05) is 16.1 Å². The molecule has 0 aliphatic heterocycles. The van der Waals surface area contributed by atoms with Gasteiger partial charge in [-0.25, -0.2) is 22.8 Å². The first-order valence-electron chi connectivity index (χ1n) is 6.92. The van der Waals surface area contributed by atoms with E-state index in [1.165, 1.54) is 29.1 Å². The van der Waals surface area contributed by atoms with Crippen LogP contribution in [0.4, 0.5) is 0 Å². The van der Waals surface area contributed by atoms with Crippen molar-refractivity contribution in [2.45, 2.75) is 11.4 Å². The molecule has 3 aromatic rings. The summed E-state index contributed by atoms with van der Waals surface area (Å²) in [4.78, 5) is 16.1. The summed E-state index contributed by atoms with van der Waals surface area (Å²) < 4.78 is 28.4. The number of fused-ring (bicyclic) bond motifs is 1. The first kappa shape index (κ1) is 17.1. The highest BCUT2D eigenvalue weighted by atomic mass is 79.9. The van der Waals surface area contributed by atoms with E-state index in [0.717, 1.165) is 5.39 Å². The van der Waals surface area contributed by atoms with Gasteiger partial charge in [-0.3, -0.25) is 4.79 Å². The van der Waals surface area contributed by atoms with Crippen LogP contribution in [-0.4, -0.2) is 29.1 Å². The normalized spacial score (nSPS) is 11.2. The Bertz CT molecular complexity index is 1120. The molecule has 126 valence electrons. The van der Waals surface area contributed by atoms with Crippen molar-refractivity contribution in [1.29, 1.82) is 5.26 Å². The Kier molecular flexibility index (Phi) is 4.52. The van der Waals surface area contributed by atoms with Gasteiger partial charge in [0.1, 0.15) is 6.54 Å². The molecule has 0 radical (unpaired) electrons. The van der Waals surface area contributed by atoms with E-state index in [1.807, 2.05) is 10.8 Å². The maximum atomic E-state index is 12.3. The van der Waals surface area contributed by atoms with Crippen molar-refractivity contribution in [3.8, 4) is 6.07 Å². The van der Waals surface area contributed by atoms with E-state index in [2.05, 4.69) is 26.0 Å². The maximum Gasteiger partial charge on any atom is 0.264 e. The summed E-state index contributed by atoms with van der Waals surface area (Å²) >= 11 is 3.14. The van der Waals surface area contributed by atoms with E-state index < -0.39 is 15.9 Å². The number of hydrogen-bond acceptors (Lipinski definition) is 6. The van der Waals surface area contributed by atoms with E-state index in [4.69, 9.17) is 5.26 Å². The topological polar surface area (TPSA) is 118 Å². The van der Waals surface area contributed by atoms with Crippen LogP contribution in [-0.2, 0) is 21.4 Å². The lowest BCUT2D eigenvalue weighted by molar-refractivity contribution is -0.120. The van der Waals surface area contributed by atoms with Gasteiger partial charge in [-0.2, -0.15) is 10.4 Å². The van der Waals surface area contributed by atoms with Crippen molar-refractivity contribution in [3.63, 3.8) is 0 Å². The van der Waals surface area contributed by atoms with Crippen molar-refractivity contribution >= 4 is 42.9 Å². The second-order valence-corrected chi connectivity index (χ2v) is 7.63. The zero-order valence-electron chi connectivity index (χ0n) is 12.5. The number of carbonyl (C=O) groups excluding carboxylic acids is 1. The molecule has 1 N–H and O–H groups in total. The number of hydrogen-bond donors (Lipinski definition) is 1. The lowest BCUT2D eigenvalue weighted by Gasteiger charge is -2.08. The van der Waals surface area contributed by atoms with Crippen molar-refractivity contribution < 1.29 is 13.2 Å². The second-order valence-electron chi connectivity index (χ2n) is 5.03. The first-order chi connectivity index (χ1) is 11.9. The third-order valence-corrected chi connectivity index (χ3v) is 5.06. The third-order valence-electron chi connectivity index (χ3n) is 3.25. The number of halogens is 1. The van der Waals surface area contributed by atoms with Crippen LogP contribution in [0.2, 0.25) is 0 Å². The molecule has 8 nitrogen and oxygen atoms in total. The summed E-state index contributed by atoms with van der Waals surface area (Å²) in [5.41, 5.74) is 0.633. The fourth-order valence-electron chi connectivity index (χ4n) is 2.19. The largest absolute Gasteiger partial charge is 0.272 e. The summed E-state index contributed by atoms with van der Waals surface area (Å²) in [6.07, 6.45) is 3.09. The molecule has 0 atom stereocenters. The molecular weight excluding hydrogens is 410 g/mol. The number of benzene rings is 1. The molecule has 10 heteroatoms. The molecule has 1 aromatic carbocycles. The summed E-state index contributed by atoms with van der Waals surface area (Å²) in [5.74, 6) is -0.769. The van der Waals surface area contributed by atoms with Crippen molar-refractivity contribution in [2.75, 3.05) is 0 Å². The Morgan fingerprint density at radius 1 is 1.36 bits per heavy atom. The molecule has 0 aliphatic rings. The Balaban J connectivity index is 1.82. The molecule has 0 aliphatic carbocycles. The predicted molar refractivity (Wildman–Crippen MR) is 91.7 cm³/mol. The van der Waals surface area contributed by atoms with Gasteiger partial charge in [-0.15, -0.1) is 0 Å². The van der Waals surface area contributed by atoms with E-state index in [0.29, 0.717) is 10.1 Å². The summed E-state index contributed by atoms with van der Waals surface area (Å²) in [5, 5.41) is 13.7. The minimum absolute atomic E-state index is 0.157. The fourth-order valence-corrected chi connectivity index (χ4v) is 3.88. The van der Waals surface area contributed by atoms with Crippen LogP contribution in [0.5, 0.6) is 0 Å². The first-order valence-corrected chi connectivity index (χ1v) is 9.19. The molecule has 1 amide bonds. The lowest BCUT2D eigenvalue weighted by Crippen LogP contribution is -2.33. The minimum Gasteiger partial charge on any atom is -0.272 e. The minimum atomic E-state index is -4.11. The van der Waals surface area contributed by atoms with Crippen LogP contribution < -0.4 is 4.72 Å². The highest BCUT2D eigenvalue weighted by molar-refractivity contribution is 9.10. The number of aromatic nitrogens is 3. The van der Waals surface area contributed by atoms with Gasteiger partial charge < -0.3 is 0 Å². The molecule has 0 fully saturated rings. The van der Waals surface area contributed by atoms with E-state index in [-0.39, 0.29) is 17.0 Å². The third kappa shape index (κ3) is 3.67. The molecule has 2 aromatic heterocycles. The highest BCUT2D eigenvalue weighted by Crippen LogP contribution is 2.19. The molecule has 2 heterocycles. The molecule has 0 saturated heterocycles. The monoisotopic (exact) mass is 419 g/mol. The van der Waals surface area contributed by atoms with Crippen LogP contribution in [0.3, 0.4) is 0 Å². The van der Waals surface area contributed by atoms with Crippen LogP contribution in [0.1, 0.15) is 5.56 Å². The number of nitrogens with one attached hydrogen (secondary N) is 1. The van der Waals surface area contributed by atoms with Crippen molar-refractivity contribution in [1.82, 2.24) is 19.5 Å². The molecule has 0 unspecified atom stereocenters. The number of rotatable bonds is 4. The van der Waals surface area contributed by atoms with Crippen LogP contribution in [0.25, 0.3) is 11.0 Å². The van der Waals surface area contributed by atoms with Gasteiger partial charge in [0.15, 0.2) is 5.65 Å². The zero-order chi connectivity index (χ0) is 18.0. The predicted octanol–water partition coefficient (Wildman–Crippen LogP) is 1.57. The number of nitrogens with zero attached hydrogens (tertiary/aromatic N) is 4. The Morgan fingerprint density at radius 3 is 2.92 bits per heavy atom. The molecular formula is C15H10BrN5O3S. The highest BCUT2D eigenvalue weighted by Gasteiger charge is 2.20. The molecule has 0 bridgehead atoms. The number of sulfonamides is 1. The number of carbonyl (C=O) groups is 1. The van der Waals surface area contributed by atoms with Gasteiger partial charge in [-0.1, -0.05) is 15.9 Å². The van der Waals surface area contributed by atoms with Gasteiger partial charge in [0.25, 0.3) is 15.9 Å². The summed E-state index contributed by atoms with van der Waals surface area (Å²) in [6, 6.07) is 9.35. The Labute approximate surface area is 151 Å². The Morgan fingerprint density at radius 2 is 2.16 bits per heavy atom. The summed E-state index contributed by atoms with van der Waals surface area (Å²) in [7, 11) is -4.11. The quantitative estimate of drug-likeness (QED) is 0.685. The van der Waals surface area contributed by atoms with Gasteiger partial charge in [0.2, 0.25) is 0 Å². The average molecular weight is 420 g/mol. The van der Waals surface area contributed by atoms with E-state index in [1.54, 1.807) is 18.3 Å². The van der Waals surface area contributed by atoms with Crippen molar-refractivity contribution in [3.05, 3.63) is 52.8 Å². The fraction of sp³-hybridized carbons (Fsp3) is 0.0667. The number of pyridine rings is 1. The maximum absolute atomic E-state index is 12.3. The molecule has 3 rings (SSSR count). The molecule has 0 saturated carbocycles. The standard InChI is InChI=1S/C15H10BrN5O3S/c16-12-4-10(7-17)5-13(6-12)25(23,24)20-14(22)9-21-15-11(8-19-21)2-1-3-18-15/h1-6,8H,9H2,(H,20,22). The molecule has 25 heavy (non-hydrogen) atoms. The lowest BCUT2D eigenvalue weighted by atomic mass is 10.2. The smallest absolute Gasteiger partial charge is 0.264 e.